The maximum Gasteiger partial charge on any atom is 0.488 e. The molecule has 0 bridgehead atoms. The van der Waals surface area contributed by atoms with Crippen molar-refractivity contribution in [2.24, 2.45) is 0 Å². The van der Waals surface area contributed by atoms with E-state index in [1.54, 1.807) is 0 Å². The van der Waals surface area contributed by atoms with Gasteiger partial charge in [0.15, 0.2) is 17.7 Å². The van der Waals surface area contributed by atoms with E-state index < -0.39 is 37.7 Å². The minimum Gasteiger partial charge on any atom is -0.479 e. The quantitative estimate of drug-likeness (QED) is 0.419. The first-order valence-electron chi connectivity index (χ1n) is 8.23. The highest BCUT2D eigenvalue weighted by Crippen LogP contribution is 2.52. The maximum absolute atomic E-state index is 12.4. The molecule has 14 heteroatoms. The van der Waals surface area contributed by atoms with Gasteiger partial charge in [-0.3, -0.25) is 14.2 Å². The summed E-state index contributed by atoms with van der Waals surface area (Å²) in [7, 11) is -3.83. The van der Waals surface area contributed by atoms with Crippen molar-refractivity contribution in [3.8, 4) is 0 Å². The van der Waals surface area contributed by atoms with Crippen LogP contribution < -0.4 is 10.8 Å². The number of ether oxygens (including phenoxy) is 1. The summed E-state index contributed by atoms with van der Waals surface area (Å²) in [5.74, 6) is -0.379. The summed E-state index contributed by atoms with van der Waals surface area (Å²) in [5.41, 5.74) is 4.80. The molecule has 0 aliphatic carbocycles. The Labute approximate surface area is 158 Å². The van der Waals surface area contributed by atoms with Crippen LogP contribution in [0.4, 0.5) is 5.82 Å². The van der Waals surface area contributed by atoms with E-state index in [1.165, 1.54) is 31.1 Å². The van der Waals surface area contributed by atoms with Crippen LogP contribution in [0.1, 0.15) is 20.1 Å². The normalized spacial score (nSPS) is 35.4. The van der Waals surface area contributed by atoms with Gasteiger partial charge in [-0.2, -0.15) is 0 Å². The molecular formula is C14H19N6O7P. The Balaban J connectivity index is 1.55. The molecule has 5 atom stereocenters. The van der Waals surface area contributed by atoms with Crippen LogP contribution in [0.15, 0.2) is 24.3 Å². The fraction of sp³-hybridized carbons (Fsp3) is 0.500. The molecule has 13 nitrogen and oxygen atoms in total. The first-order valence-corrected chi connectivity index (χ1v) is 9.78. The van der Waals surface area contributed by atoms with Crippen molar-refractivity contribution >= 4 is 24.7 Å². The van der Waals surface area contributed by atoms with Crippen LogP contribution in [0.25, 0.3) is 11.2 Å². The first kappa shape index (κ1) is 18.9. The second-order valence-corrected chi connectivity index (χ2v) is 8.37. The van der Waals surface area contributed by atoms with Gasteiger partial charge >= 0.3 is 13.7 Å². The van der Waals surface area contributed by atoms with Crippen LogP contribution >= 0.6 is 7.75 Å². The fourth-order valence-corrected chi connectivity index (χ4v) is 4.49. The van der Waals surface area contributed by atoms with Crippen LogP contribution in [0.5, 0.6) is 0 Å². The number of imidazole rings is 1. The number of nitrogens with zero attached hydrogens (tertiary/aromatic N) is 4. The number of aliphatic hydroxyl groups excluding tert-OH is 2. The van der Waals surface area contributed by atoms with E-state index in [0.29, 0.717) is 11.2 Å². The van der Waals surface area contributed by atoms with Gasteiger partial charge in [0.05, 0.1) is 18.6 Å². The number of allylic oxidation sites excluding steroid dienone is 1. The smallest absolute Gasteiger partial charge is 0.479 e. The Morgan fingerprint density at radius 3 is 2.89 bits per heavy atom. The molecule has 2 aliphatic heterocycles. The van der Waals surface area contributed by atoms with E-state index in [1.807, 2.05) is 0 Å². The van der Waals surface area contributed by atoms with Crippen molar-refractivity contribution in [1.29, 1.82) is 0 Å². The lowest BCUT2D eigenvalue weighted by molar-refractivity contribution is -0.0948. The molecule has 1 fully saturated rings. The van der Waals surface area contributed by atoms with Gasteiger partial charge in [-0.05, 0) is 13.8 Å². The Morgan fingerprint density at radius 2 is 2.21 bits per heavy atom. The molecule has 2 aliphatic rings. The minimum absolute atomic E-state index is 0.156. The van der Waals surface area contributed by atoms with Crippen molar-refractivity contribution in [1.82, 2.24) is 24.6 Å². The molecule has 6 N–H and O–H groups in total. The van der Waals surface area contributed by atoms with Gasteiger partial charge in [-0.25, -0.2) is 19.5 Å². The Kier molecular flexibility index (Phi) is 4.25. The van der Waals surface area contributed by atoms with E-state index in [-0.39, 0.29) is 18.1 Å². The van der Waals surface area contributed by atoms with E-state index in [0.717, 1.165) is 0 Å². The van der Waals surface area contributed by atoms with Gasteiger partial charge < -0.3 is 30.3 Å². The maximum atomic E-state index is 12.4. The summed E-state index contributed by atoms with van der Waals surface area (Å²) in [4.78, 5) is 12.1. The summed E-state index contributed by atoms with van der Waals surface area (Å²) in [6.07, 6.45) is -0.934. The van der Waals surface area contributed by atoms with Gasteiger partial charge in [0, 0.05) is 0 Å². The van der Waals surface area contributed by atoms with Crippen molar-refractivity contribution in [3.05, 3.63) is 24.3 Å². The lowest BCUT2D eigenvalue weighted by atomic mass is 9.96. The summed E-state index contributed by atoms with van der Waals surface area (Å²) in [6, 6.07) is 0. The number of hydrogen-bond acceptors (Lipinski definition) is 11. The molecular weight excluding hydrogens is 395 g/mol. The Morgan fingerprint density at radius 1 is 1.46 bits per heavy atom. The third-order valence-corrected chi connectivity index (χ3v) is 6.15. The lowest BCUT2D eigenvalue weighted by Crippen LogP contribution is -2.44. The molecule has 0 amide bonds. The largest absolute Gasteiger partial charge is 0.488 e. The molecule has 0 saturated carbocycles. The average molecular weight is 414 g/mol. The number of hydrogen-bond donors (Lipinski definition) is 5. The molecule has 4 heterocycles. The molecule has 1 saturated heterocycles. The van der Waals surface area contributed by atoms with Crippen LogP contribution in [-0.2, 0) is 18.3 Å². The average Bonchev–Trinajstić information content (AvgIpc) is 3.22. The number of anilines is 1. The summed E-state index contributed by atoms with van der Waals surface area (Å²) in [6.45, 7) is 2.45. The fourth-order valence-electron chi connectivity index (χ4n) is 3.11. The second-order valence-electron chi connectivity index (χ2n) is 6.71. The molecule has 4 rings (SSSR count). The molecule has 2 aromatic rings. The van der Waals surface area contributed by atoms with Gasteiger partial charge in [-0.15, -0.1) is 0 Å². The molecule has 2 aromatic heterocycles. The SMILES string of the molecule is CC1=C(O)OP(=O)(OC[C@H]2O[C@@H](n3cnc4c(N)ncnc43)C(C)(O)[C@H]2O)N1. The van der Waals surface area contributed by atoms with Gasteiger partial charge in [-0.1, -0.05) is 0 Å². The molecule has 28 heavy (non-hydrogen) atoms. The zero-order valence-electron chi connectivity index (χ0n) is 14.9. The number of nitrogen functional groups attached to an aromatic ring is 1. The zero-order chi connectivity index (χ0) is 20.3. The number of fused-ring (bicyclic) bond motifs is 1. The molecule has 2 unspecified atom stereocenters. The van der Waals surface area contributed by atoms with Crippen molar-refractivity contribution in [2.75, 3.05) is 12.3 Å². The highest BCUT2D eigenvalue weighted by atomic mass is 31.2. The highest BCUT2D eigenvalue weighted by Gasteiger charge is 2.54. The predicted octanol–water partition coefficient (Wildman–Crippen LogP) is -0.0907. The van der Waals surface area contributed by atoms with Crippen molar-refractivity contribution < 1.29 is 33.7 Å². The van der Waals surface area contributed by atoms with Crippen LogP contribution in [-0.4, -0.2) is 59.3 Å². The van der Waals surface area contributed by atoms with Crippen molar-refractivity contribution in [2.45, 2.75) is 37.9 Å². The number of rotatable bonds is 4. The summed E-state index contributed by atoms with van der Waals surface area (Å²) >= 11 is 0. The number of aromatic nitrogens is 4. The number of nitrogens with one attached hydrogen (secondary N) is 1. The van der Waals surface area contributed by atoms with Crippen molar-refractivity contribution in [3.63, 3.8) is 0 Å². The van der Waals surface area contributed by atoms with Gasteiger partial charge in [0.25, 0.3) is 0 Å². The zero-order valence-corrected chi connectivity index (χ0v) is 15.8. The van der Waals surface area contributed by atoms with Crippen LogP contribution in [0.3, 0.4) is 0 Å². The van der Waals surface area contributed by atoms with E-state index >= 15 is 0 Å². The highest BCUT2D eigenvalue weighted by molar-refractivity contribution is 7.52. The lowest BCUT2D eigenvalue weighted by Gasteiger charge is -2.27. The number of nitrogens with two attached hydrogens (primary N) is 1. The minimum atomic E-state index is -3.83. The second kappa shape index (κ2) is 6.29. The summed E-state index contributed by atoms with van der Waals surface area (Å²) < 4.78 is 29.5. The van der Waals surface area contributed by atoms with Gasteiger partial charge in [0.1, 0.15) is 29.7 Å². The topological polar surface area (TPSA) is 187 Å². The van der Waals surface area contributed by atoms with E-state index in [4.69, 9.17) is 19.5 Å². The molecule has 0 radical (unpaired) electrons. The van der Waals surface area contributed by atoms with E-state index in [2.05, 4.69) is 20.0 Å². The van der Waals surface area contributed by atoms with Crippen LogP contribution in [0, 0.1) is 0 Å². The summed E-state index contributed by atoms with van der Waals surface area (Å²) in [5, 5.41) is 33.2. The van der Waals surface area contributed by atoms with E-state index in [9.17, 15) is 19.9 Å². The van der Waals surface area contributed by atoms with Gasteiger partial charge in [0.2, 0.25) is 0 Å². The molecule has 0 aromatic carbocycles. The predicted molar refractivity (Wildman–Crippen MR) is 93.4 cm³/mol. The molecule has 0 spiro atoms. The third kappa shape index (κ3) is 2.88. The number of aliphatic hydroxyl groups is 3. The standard InChI is InChI=1S/C14H19N6O7P/c1-6-12(22)27-28(24,19-6)25-3-7-9(21)14(2,23)13(26-7)20-5-18-8-10(15)16-4-17-11(8)20/h4-5,7,9,13,21-23H,3H2,1-2H3,(H,19,24)(H2,15,16,17)/t7-,9+,13-,14?,28?/m1/s1. The first-order chi connectivity index (χ1) is 13.1. The molecule has 152 valence electrons. The Hall–Kier alpha value is -2.44. The monoisotopic (exact) mass is 414 g/mol. The third-order valence-electron chi connectivity index (χ3n) is 4.64. The van der Waals surface area contributed by atoms with Crippen LogP contribution in [0.2, 0.25) is 0 Å². The Bertz CT molecular complexity index is 989.